The van der Waals surface area contributed by atoms with E-state index in [4.69, 9.17) is 9.15 Å². The van der Waals surface area contributed by atoms with Gasteiger partial charge in [0, 0.05) is 24.9 Å². The molecule has 0 aliphatic carbocycles. The average Bonchev–Trinajstić information content (AvgIpc) is 3.27. The van der Waals surface area contributed by atoms with Gasteiger partial charge >= 0.3 is 0 Å². The molecule has 1 N–H and O–H groups in total. The molecule has 0 fully saturated rings. The summed E-state index contributed by atoms with van der Waals surface area (Å²) in [7, 11) is 5.66. The number of benzene rings is 2. The Bertz CT molecular complexity index is 1010. The summed E-state index contributed by atoms with van der Waals surface area (Å²) in [5.41, 5.74) is 3.44. The third kappa shape index (κ3) is 7.19. The second kappa shape index (κ2) is 11.7. The van der Waals surface area contributed by atoms with Gasteiger partial charge in [0.1, 0.15) is 5.75 Å². The molecule has 0 radical (unpaired) electrons. The zero-order valence-corrected chi connectivity index (χ0v) is 20.3. The molecule has 1 amide bonds. The number of aromatic nitrogens is 1. The fraction of sp³-hybridized carbons (Fsp3) is 0.407. The first-order valence-electron chi connectivity index (χ1n) is 11.5. The molecule has 0 aliphatic heterocycles. The summed E-state index contributed by atoms with van der Waals surface area (Å²) in [6, 6.07) is 16.4. The van der Waals surface area contributed by atoms with E-state index in [9.17, 15) is 4.79 Å². The third-order valence-corrected chi connectivity index (χ3v) is 5.62. The second-order valence-corrected chi connectivity index (χ2v) is 8.97. The van der Waals surface area contributed by atoms with Crippen molar-refractivity contribution >= 4 is 5.91 Å². The first kappa shape index (κ1) is 24.5. The minimum absolute atomic E-state index is 0.0202. The first-order chi connectivity index (χ1) is 15.9. The van der Waals surface area contributed by atoms with Crippen LogP contribution in [0.2, 0.25) is 0 Å². The van der Waals surface area contributed by atoms with Gasteiger partial charge in [-0.05, 0) is 49.7 Å². The maximum Gasteiger partial charge on any atom is 0.220 e. The Balaban J connectivity index is 1.50. The lowest BCUT2D eigenvalue weighted by Crippen LogP contribution is -2.34. The average molecular weight is 450 g/mol. The Morgan fingerprint density at radius 3 is 2.39 bits per heavy atom. The van der Waals surface area contributed by atoms with Gasteiger partial charge in [-0.15, -0.1) is 0 Å². The minimum Gasteiger partial charge on any atom is -0.497 e. The van der Waals surface area contributed by atoms with Gasteiger partial charge in [-0.2, -0.15) is 0 Å². The van der Waals surface area contributed by atoms with Crippen molar-refractivity contribution in [2.24, 2.45) is 5.92 Å². The van der Waals surface area contributed by atoms with Crippen LogP contribution in [0.1, 0.15) is 43.3 Å². The molecule has 1 atom stereocenters. The molecule has 3 aromatic rings. The third-order valence-electron chi connectivity index (χ3n) is 5.62. The van der Waals surface area contributed by atoms with Gasteiger partial charge in [0.05, 0.1) is 19.3 Å². The number of carbonyl (C=O) groups excluding carboxylic acids is 1. The van der Waals surface area contributed by atoms with E-state index >= 15 is 0 Å². The molecule has 1 heterocycles. The molecular formula is C27H35N3O3. The molecule has 0 bridgehead atoms. The highest BCUT2D eigenvalue weighted by Gasteiger charge is 2.16. The van der Waals surface area contributed by atoms with Crippen LogP contribution in [-0.4, -0.2) is 43.5 Å². The number of amides is 1. The van der Waals surface area contributed by atoms with Crippen LogP contribution in [-0.2, 0) is 17.6 Å². The Kier molecular flexibility index (Phi) is 8.66. The Labute approximate surface area is 197 Å². The molecule has 1 unspecified atom stereocenters. The van der Waals surface area contributed by atoms with Gasteiger partial charge in [0.25, 0.3) is 0 Å². The molecule has 3 rings (SSSR count). The lowest BCUT2D eigenvalue weighted by Gasteiger charge is -2.25. The van der Waals surface area contributed by atoms with Crippen LogP contribution < -0.4 is 10.1 Å². The van der Waals surface area contributed by atoms with E-state index in [1.807, 2.05) is 38.4 Å². The van der Waals surface area contributed by atoms with Crippen molar-refractivity contribution in [3.8, 4) is 17.1 Å². The Hall–Kier alpha value is -3.12. The van der Waals surface area contributed by atoms with Crippen LogP contribution in [0.15, 0.2) is 59.1 Å². The van der Waals surface area contributed by atoms with Crippen LogP contribution in [0, 0.1) is 5.92 Å². The van der Waals surface area contributed by atoms with Crippen molar-refractivity contribution in [3.05, 3.63) is 71.7 Å². The molecule has 0 saturated carbocycles. The number of hydrogen-bond acceptors (Lipinski definition) is 5. The van der Waals surface area contributed by atoms with Crippen LogP contribution in [0.25, 0.3) is 11.3 Å². The van der Waals surface area contributed by atoms with Crippen LogP contribution >= 0.6 is 0 Å². The number of ether oxygens (including phenoxy) is 1. The lowest BCUT2D eigenvalue weighted by molar-refractivity contribution is -0.121. The molecular weight excluding hydrogens is 414 g/mol. The Morgan fingerprint density at radius 1 is 1.09 bits per heavy atom. The van der Waals surface area contributed by atoms with Gasteiger partial charge in [-0.3, -0.25) is 4.79 Å². The number of methoxy groups -OCH3 is 1. The largest absolute Gasteiger partial charge is 0.497 e. The zero-order chi connectivity index (χ0) is 23.8. The molecule has 33 heavy (non-hydrogen) atoms. The Morgan fingerprint density at radius 2 is 1.79 bits per heavy atom. The van der Waals surface area contributed by atoms with E-state index in [0.717, 1.165) is 29.1 Å². The number of nitrogens with zero attached hydrogens (tertiary/aromatic N) is 2. The summed E-state index contributed by atoms with van der Waals surface area (Å²) in [6.45, 7) is 4.96. The second-order valence-electron chi connectivity index (χ2n) is 8.97. The van der Waals surface area contributed by atoms with Crippen molar-refractivity contribution in [1.82, 2.24) is 15.2 Å². The number of rotatable bonds is 11. The highest BCUT2D eigenvalue weighted by Crippen LogP contribution is 2.23. The van der Waals surface area contributed by atoms with Crippen LogP contribution in [0.4, 0.5) is 0 Å². The quantitative estimate of drug-likeness (QED) is 0.451. The lowest BCUT2D eigenvalue weighted by atomic mass is 10.0. The van der Waals surface area contributed by atoms with E-state index in [1.165, 1.54) is 5.56 Å². The number of aryl methyl sites for hydroxylation is 1. The normalized spacial score (nSPS) is 12.2. The summed E-state index contributed by atoms with van der Waals surface area (Å²) < 4.78 is 11.1. The molecule has 0 spiro atoms. The molecule has 1 aromatic heterocycles. The summed E-state index contributed by atoms with van der Waals surface area (Å²) >= 11 is 0. The van der Waals surface area contributed by atoms with Crippen LogP contribution in [0.3, 0.4) is 0 Å². The summed E-state index contributed by atoms with van der Waals surface area (Å²) in [5.74, 6) is 2.73. The summed E-state index contributed by atoms with van der Waals surface area (Å²) in [4.78, 5) is 18.9. The number of likely N-dealkylation sites (N-methyl/N-ethyl adjacent to an activating group) is 1. The van der Waals surface area contributed by atoms with Gasteiger partial charge in [0.15, 0.2) is 11.7 Å². The topological polar surface area (TPSA) is 67.6 Å². The molecule has 0 aliphatic rings. The van der Waals surface area contributed by atoms with Crippen molar-refractivity contribution in [1.29, 1.82) is 0 Å². The zero-order valence-electron chi connectivity index (χ0n) is 20.3. The maximum absolute atomic E-state index is 12.5. The van der Waals surface area contributed by atoms with Gasteiger partial charge < -0.3 is 19.4 Å². The maximum atomic E-state index is 12.5. The van der Waals surface area contributed by atoms with Crippen molar-refractivity contribution in [2.75, 3.05) is 27.7 Å². The number of nitrogens with one attached hydrogen (secondary N) is 1. The highest BCUT2D eigenvalue weighted by atomic mass is 16.5. The van der Waals surface area contributed by atoms with Gasteiger partial charge in [-0.25, -0.2) is 4.98 Å². The fourth-order valence-electron chi connectivity index (χ4n) is 3.78. The smallest absolute Gasteiger partial charge is 0.220 e. The predicted octanol–water partition coefficient (Wildman–Crippen LogP) is 4.90. The van der Waals surface area contributed by atoms with Crippen molar-refractivity contribution in [2.45, 2.75) is 39.2 Å². The first-order valence-corrected chi connectivity index (χ1v) is 11.5. The predicted molar refractivity (Wildman–Crippen MR) is 131 cm³/mol. The van der Waals surface area contributed by atoms with E-state index in [1.54, 1.807) is 13.3 Å². The summed E-state index contributed by atoms with van der Waals surface area (Å²) in [5, 5.41) is 3.04. The van der Waals surface area contributed by atoms with Crippen molar-refractivity contribution < 1.29 is 13.9 Å². The monoisotopic (exact) mass is 449 g/mol. The number of carbonyl (C=O) groups is 1. The van der Waals surface area contributed by atoms with Crippen LogP contribution in [0.5, 0.6) is 5.75 Å². The molecule has 2 aromatic carbocycles. The van der Waals surface area contributed by atoms with E-state index in [0.29, 0.717) is 31.2 Å². The van der Waals surface area contributed by atoms with E-state index in [2.05, 4.69) is 53.3 Å². The van der Waals surface area contributed by atoms with Gasteiger partial charge in [-0.1, -0.05) is 50.2 Å². The number of oxazole rings is 1. The van der Waals surface area contributed by atoms with E-state index < -0.39 is 0 Å². The van der Waals surface area contributed by atoms with E-state index in [-0.39, 0.29) is 11.9 Å². The SMILES string of the molecule is COc1ccc(C(CNC(=O)CCc2ncc(-c3ccc(CC(C)C)cc3)o2)N(C)C)cc1. The minimum atomic E-state index is -0.0202. The molecule has 176 valence electrons. The molecule has 6 nitrogen and oxygen atoms in total. The number of hydrogen-bond donors (Lipinski definition) is 1. The summed E-state index contributed by atoms with van der Waals surface area (Å²) in [6.07, 6.45) is 3.59. The molecule has 6 heteroatoms. The highest BCUT2D eigenvalue weighted by molar-refractivity contribution is 5.76. The standard InChI is InChI=1S/C27H35N3O3/c1-19(2)16-20-6-8-22(9-7-20)25-18-29-27(33-25)15-14-26(31)28-17-24(30(3)4)21-10-12-23(32-5)13-11-21/h6-13,18-19,24H,14-17H2,1-5H3,(H,28,31). The van der Waals surface area contributed by atoms with Crippen molar-refractivity contribution in [3.63, 3.8) is 0 Å². The molecule has 0 saturated heterocycles. The fourth-order valence-corrected chi connectivity index (χ4v) is 3.78. The van der Waals surface area contributed by atoms with Gasteiger partial charge in [0.2, 0.25) is 5.91 Å².